The Morgan fingerprint density at radius 3 is 2.76 bits per heavy atom. The highest BCUT2D eigenvalue weighted by Crippen LogP contribution is 2.50. The number of carbonyl (C=O) groups is 3. The Labute approximate surface area is 206 Å². The van der Waals surface area contributed by atoms with Crippen molar-refractivity contribution in [3.63, 3.8) is 0 Å². The number of hydrogen-bond donors (Lipinski definition) is 3. The molecule has 3 N–H and O–H groups in total. The van der Waals surface area contributed by atoms with Crippen LogP contribution in [0, 0.1) is 22.7 Å². The molecule has 8 nitrogen and oxygen atoms in total. The van der Waals surface area contributed by atoms with Gasteiger partial charge in [-0.05, 0) is 49.7 Å². The maximum atomic E-state index is 13.6. The highest BCUT2D eigenvalue weighted by molar-refractivity contribution is 6.45. The first-order valence-electron chi connectivity index (χ1n) is 11.6. The molecule has 2 saturated heterocycles. The van der Waals surface area contributed by atoms with E-state index in [4.69, 9.17) is 23.2 Å². The van der Waals surface area contributed by atoms with Gasteiger partial charge in [0.2, 0.25) is 11.8 Å². The van der Waals surface area contributed by atoms with E-state index in [0.29, 0.717) is 47.2 Å². The number of benzene rings is 1. The molecule has 3 fully saturated rings. The third-order valence-corrected chi connectivity index (χ3v) is 8.36. The summed E-state index contributed by atoms with van der Waals surface area (Å²) in [6.45, 7) is 1.08. The van der Waals surface area contributed by atoms with Crippen LogP contribution in [0.3, 0.4) is 0 Å². The first-order chi connectivity index (χ1) is 16.3. The lowest BCUT2D eigenvalue weighted by molar-refractivity contribution is -0.126. The van der Waals surface area contributed by atoms with Crippen LogP contribution in [0.5, 0.6) is 0 Å². The number of likely N-dealkylation sites (tertiary alicyclic amines) is 1. The molecule has 1 saturated carbocycles. The summed E-state index contributed by atoms with van der Waals surface area (Å²) in [5.74, 6) is -0.999. The van der Waals surface area contributed by atoms with Gasteiger partial charge in [0, 0.05) is 24.4 Å². The van der Waals surface area contributed by atoms with E-state index in [1.54, 1.807) is 23.1 Å². The molecule has 5 rings (SSSR count). The van der Waals surface area contributed by atoms with Crippen molar-refractivity contribution < 1.29 is 14.4 Å². The summed E-state index contributed by atoms with van der Waals surface area (Å²) >= 11 is 12.4. The van der Waals surface area contributed by atoms with Gasteiger partial charge in [0.25, 0.3) is 5.91 Å². The molecule has 3 heterocycles. The van der Waals surface area contributed by atoms with Crippen molar-refractivity contribution in [2.24, 2.45) is 11.3 Å². The second-order valence-corrected chi connectivity index (χ2v) is 10.5. The number of amides is 3. The third kappa shape index (κ3) is 4.01. The van der Waals surface area contributed by atoms with Crippen LogP contribution in [0.15, 0.2) is 18.2 Å². The molecule has 178 valence electrons. The number of carbonyl (C=O) groups excluding carboxylic acids is 3. The predicted octanol–water partition coefficient (Wildman–Crippen LogP) is 3.39. The van der Waals surface area contributed by atoms with Gasteiger partial charge in [-0.2, -0.15) is 5.26 Å². The topological polar surface area (TPSA) is 118 Å². The van der Waals surface area contributed by atoms with E-state index in [9.17, 15) is 19.6 Å². The van der Waals surface area contributed by atoms with Crippen LogP contribution in [0.2, 0.25) is 10.0 Å². The fraction of sp³-hybridized carbons (Fsp3) is 0.500. The lowest BCUT2D eigenvalue weighted by Crippen LogP contribution is -2.49. The molecular formula is C24H25Cl2N5O3. The average molecular weight is 502 g/mol. The van der Waals surface area contributed by atoms with Crippen molar-refractivity contribution in [2.75, 3.05) is 13.1 Å². The fourth-order valence-corrected chi connectivity index (χ4v) is 5.90. The maximum absolute atomic E-state index is 13.6. The number of H-pyrrole nitrogens is 1. The predicted molar refractivity (Wildman–Crippen MR) is 127 cm³/mol. The summed E-state index contributed by atoms with van der Waals surface area (Å²) < 4.78 is 0. The van der Waals surface area contributed by atoms with Crippen LogP contribution >= 0.6 is 23.2 Å². The van der Waals surface area contributed by atoms with E-state index in [1.165, 1.54) is 0 Å². The molecule has 2 aliphatic heterocycles. The Hall–Kier alpha value is -2.76. The Bertz CT molecular complexity index is 1220. The van der Waals surface area contributed by atoms with Crippen molar-refractivity contribution in [2.45, 2.75) is 50.6 Å². The van der Waals surface area contributed by atoms with E-state index < -0.39 is 12.1 Å². The third-order valence-electron chi connectivity index (χ3n) is 7.56. The number of nitrogens with zero attached hydrogens (tertiary/aromatic N) is 2. The number of aromatic nitrogens is 1. The number of rotatable bonds is 5. The molecule has 0 radical (unpaired) electrons. The van der Waals surface area contributed by atoms with Crippen molar-refractivity contribution in [1.29, 1.82) is 5.26 Å². The van der Waals surface area contributed by atoms with Gasteiger partial charge in [-0.3, -0.25) is 14.4 Å². The normalized spacial score (nSPS) is 24.0. The molecule has 1 aromatic carbocycles. The standard InChI is InChI=1S/C24H25Cl2N5O3/c25-16-3-2-13-9-17(30-20(13)19(16)26)23(34)31-12-24(5-1-6-24)10-18(31)22(33)29-15(11-27)8-14-4-7-28-21(14)32/h2-3,9,14-15,18,30H,1,4-8,10,12H2,(H,28,32)(H,29,33)/t14-,15-,18+/m0/s1. The molecule has 3 atom stereocenters. The van der Waals surface area contributed by atoms with Crippen LogP contribution in [0.4, 0.5) is 0 Å². The molecule has 0 unspecified atom stereocenters. The highest BCUT2D eigenvalue weighted by atomic mass is 35.5. The number of nitrogens with one attached hydrogen (secondary N) is 3. The summed E-state index contributed by atoms with van der Waals surface area (Å²) in [6.07, 6.45) is 4.50. The van der Waals surface area contributed by atoms with Gasteiger partial charge in [0.1, 0.15) is 17.8 Å². The second kappa shape index (κ2) is 8.79. The maximum Gasteiger partial charge on any atom is 0.271 e. The molecule has 0 bridgehead atoms. The van der Waals surface area contributed by atoms with Crippen LogP contribution in [-0.4, -0.2) is 52.8 Å². The Balaban J connectivity index is 1.36. The van der Waals surface area contributed by atoms with Gasteiger partial charge in [-0.1, -0.05) is 35.7 Å². The lowest BCUT2D eigenvalue weighted by Gasteiger charge is -2.37. The largest absolute Gasteiger partial charge is 0.356 e. The molecule has 34 heavy (non-hydrogen) atoms. The van der Waals surface area contributed by atoms with Crippen LogP contribution in [0.1, 0.15) is 49.0 Å². The first kappa shape index (κ1) is 23.0. The van der Waals surface area contributed by atoms with Crippen molar-refractivity contribution >= 4 is 51.8 Å². The molecule has 3 amide bonds. The summed E-state index contributed by atoms with van der Waals surface area (Å²) in [4.78, 5) is 43.5. The van der Waals surface area contributed by atoms with Crippen LogP contribution in [-0.2, 0) is 9.59 Å². The van der Waals surface area contributed by atoms with Gasteiger partial charge >= 0.3 is 0 Å². The summed E-state index contributed by atoms with van der Waals surface area (Å²) in [7, 11) is 0. The second-order valence-electron chi connectivity index (χ2n) is 9.72. The number of halogens is 2. The Morgan fingerprint density at radius 1 is 1.32 bits per heavy atom. The zero-order chi connectivity index (χ0) is 24.0. The van der Waals surface area contributed by atoms with E-state index in [0.717, 1.165) is 24.6 Å². The van der Waals surface area contributed by atoms with Crippen molar-refractivity contribution in [1.82, 2.24) is 20.5 Å². The molecule has 10 heteroatoms. The van der Waals surface area contributed by atoms with E-state index >= 15 is 0 Å². The molecule has 2 aromatic rings. The average Bonchev–Trinajstić information content (AvgIpc) is 3.52. The van der Waals surface area contributed by atoms with Crippen molar-refractivity contribution in [3.05, 3.63) is 33.9 Å². The summed E-state index contributed by atoms with van der Waals surface area (Å²) in [5.41, 5.74) is 0.862. The lowest BCUT2D eigenvalue weighted by atomic mass is 9.67. The smallest absolute Gasteiger partial charge is 0.271 e. The molecule has 1 spiro atoms. The van der Waals surface area contributed by atoms with E-state index in [1.807, 2.05) is 0 Å². The monoisotopic (exact) mass is 501 g/mol. The van der Waals surface area contributed by atoms with Crippen LogP contribution in [0.25, 0.3) is 10.9 Å². The van der Waals surface area contributed by atoms with Gasteiger partial charge in [-0.15, -0.1) is 0 Å². The molecular weight excluding hydrogens is 477 g/mol. The van der Waals surface area contributed by atoms with Gasteiger partial charge in [-0.25, -0.2) is 0 Å². The Kier molecular flexibility index (Phi) is 5.95. The summed E-state index contributed by atoms with van der Waals surface area (Å²) in [5, 5.41) is 16.7. The minimum atomic E-state index is -0.787. The minimum Gasteiger partial charge on any atom is -0.356 e. The van der Waals surface area contributed by atoms with E-state index in [-0.39, 0.29) is 35.5 Å². The number of fused-ring (bicyclic) bond motifs is 1. The first-order valence-corrected chi connectivity index (χ1v) is 12.3. The Morgan fingerprint density at radius 2 is 2.12 bits per heavy atom. The van der Waals surface area contributed by atoms with Gasteiger partial charge < -0.3 is 20.5 Å². The molecule has 3 aliphatic rings. The molecule has 1 aromatic heterocycles. The minimum absolute atomic E-state index is 0.0574. The quantitative estimate of drug-likeness (QED) is 0.581. The number of hydrogen-bond acceptors (Lipinski definition) is 4. The zero-order valence-corrected chi connectivity index (χ0v) is 20.0. The van der Waals surface area contributed by atoms with E-state index in [2.05, 4.69) is 21.7 Å². The van der Waals surface area contributed by atoms with Gasteiger partial charge in [0.15, 0.2) is 0 Å². The number of nitriles is 1. The SMILES string of the molecule is N#C[C@H](C[C@@H]1CCNC1=O)NC(=O)[C@H]1CC2(CCC2)CN1C(=O)c1cc2ccc(Cl)c(Cl)c2[nH]1. The van der Waals surface area contributed by atoms with Crippen molar-refractivity contribution in [3.8, 4) is 6.07 Å². The zero-order valence-electron chi connectivity index (χ0n) is 18.5. The summed E-state index contributed by atoms with van der Waals surface area (Å²) in [6, 6.07) is 5.83. The van der Waals surface area contributed by atoms with Gasteiger partial charge in [0.05, 0.1) is 21.6 Å². The van der Waals surface area contributed by atoms with Crippen LogP contribution < -0.4 is 10.6 Å². The highest BCUT2D eigenvalue weighted by Gasteiger charge is 2.52. The fourth-order valence-electron chi connectivity index (χ4n) is 5.52. The molecule has 1 aliphatic carbocycles. The number of aromatic amines is 1.